The zero-order chi connectivity index (χ0) is 13.9. The monoisotopic (exact) mass is 269 g/mol. The molecule has 1 aromatic carbocycles. The van der Waals surface area contributed by atoms with E-state index < -0.39 is 0 Å². The Morgan fingerprint density at radius 3 is 2.90 bits per heavy atom. The zero-order valence-corrected chi connectivity index (χ0v) is 11.2. The molecule has 0 unspecified atom stereocenters. The largest absolute Gasteiger partial charge is 0.360 e. The van der Waals surface area contributed by atoms with Crippen LogP contribution in [-0.2, 0) is 4.79 Å². The lowest BCUT2D eigenvalue weighted by Gasteiger charge is -2.27. The minimum absolute atomic E-state index is 0.0811. The van der Waals surface area contributed by atoms with Gasteiger partial charge in [0.25, 0.3) is 5.91 Å². The maximum atomic E-state index is 12.4. The van der Waals surface area contributed by atoms with E-state index in [0.717, 1.165) is 36.6 Å². The maximum Gasteiger partial charge on any atom is 0.253 e. The second-order valence-electron chi connectivity index (χ2n) is 5.34. The van der Waals surface area contributed by atoms with Gasteiger partial charge in [0.15, 0.2) is 0 Å². The number of rotatable bonds is 3. The second-order valence-corrected chi connectivity index (χ2v) is 5.34. The van der Waals surface area contributed by atoms with Crippen molar-refractivity contribution in [2.24, 2.45) is 5.92 Å². The minimum Gasteiger partial charge on any atom is -0.360 e. The van der Waals surface area contributed by atoms with E-state index in [9.17, 15) is 9.59 Å². The Balaban J connectivity index is 1.80. The highest BCUT2D eigenvalue weighted by Gasteiger charge is 2.27. The van der Waals surface area contributed by atoms with Gasteiger partial charge in [0, 0.05) is 29.1 Å². The Hall–Kier alpha value is -2.10. The first kappa shape index (κ1) is 12.9. The Kier molecular flexibility index (Phi) is 3.54. The van der Waals surface area contributed by atoms with Gasteiger partial charge in [0.2, 0.25) is 6.29 Å². The number of benzene rings is 1. The van der Waals surface area contributed by atoms with Crippen LogP contribution in [0.15, 0.2) is 30.5 Å². The molecule has 1 radical (unpaired) electrons. The van der Waals surface area contributed by atoms with E-state index >= 15 is 0 Å². The van der Waals surface area contributed by atoms with Gasteiger partial charge in [-0.25, -0.2) is 0 Å². The summed E-state index contributed by atoms with van der Waals surface area (Å²) in [6.45, 7) is 0. The van der Waals surface area contributed by atoms with Crippen LogP contribution in [0.4, 0.5) is 0 Å². The molecule has 0 saturated heterocycles. The van der Waals surface area contributed by atoms with Crippen molar-refractivity contribution < 1.29 is 9.59 Å². The minimum atomic E-state index is -0.169. The van der Waals surface area contributed by atoms with Gasteiger partial charge in [-0.1, -0.05) is 31.0 Å². The molecule has 1 amide bonds. The van der Waals surface area contributed by atoms with Gasteiger partial charge in [0.05, 0.1) is 5.56 Å². The normalized spacial score (nSPS) is 22.6. The fraction of sp³-hybridized carbons (Fsp3) is 0.375. The van der Waals surface area contributed by atoms with E-state index in [-0.39, 0.29) is 17.9 Å². The van der Waals surface area contributed by atoms with Crippen molar-refractivity contribution in [1.82, 2.24) is 10.3 Å². The summed E-state index contributed by atoms with van der Waals surface area (Å²) in [5.74, 6) is -0.285. The van der Waals surface area contributed by atoms with Crippen molar-refractivity contribution in [2.75, 3.05) is 0 Å². The number of aromatic amines is 1. The number of hydrogen-bond donors (Lipinski definition) is 2. The van der Waals surface area contributed by atoms with Crippen LogP contribution in [0.2, 0.25) is 0 Å². The lowest BCUT2D eigenvalue weighted by Crippen LogP contribution is -2.42. The van der Waals surface area contributed by atoms with Crippen LogP contribution in [0.5, 0.6) is 0 Å². The van der Waals surface area contributed by atoms with Gasteiger partial charge < -0.3 is 10.3 Å². The highest BCUT2D eigenvalue weighted by Crippen LogP contribution is 2.24. The summed E-state index contributed by atoms with van der Waals surface area (Å²) in [6.07, 6.45) is 7.56. The van der Waals surface area contributed by atoms with Crippen molar-refractivity contribution >= 4 is 23.1 Å². The number of hydrogen-bond acceptors (Lipinski definition) is 2. The Labute approximate surface area is 117 Å². The number of para-hydroxylation sites is 1. The molecule has 2 atom stereocenters. The molecule has 2 N–H and O–H groups in total. The number of carbonyl (C=O) groups is 1. The molecule has 4 nitrogen and oxygen atoms in total. The highest BCUT2D eigenvalue weighted by atomic mass is 16.1. The lowest BCUT2D eigenvalue weighted by atomic mass is 9.85. The van der Waals surface area contributed by atoms with E-state index in [1.54, 1.807) is 6.20 Å². The third kappa shape index (κ3) is 2.33. The highest BCUT2D eigenvalue weighted by molar-refractivity contribution is 6.06. The molecule has 20 heavy (non-hydrogen) atoms. The Bertz CT molecular complexity index is 632. The fourth-order valence-corrected chi connectivity index (χ4v) is 2.95. The van der Waals surface area contributed by atoms with E-state index in [2.05, 4.69) is 16.6 Å². The third-order valence-corrected chi connectivity index (χ3v) is 4.07. The summed E-state index contributed by atoms with van der Waals surface area (Å²) in [7, 11) is 0. The summed E-state index contributed by atoms with van der Waals surface area (Å²) in [5, 5.41) is 3.90. The van der Waals surface area contributed by atoms with Crippen LogP contribution in [0.25, 0.3) is 10.9 Å². The molecule has 0 aliphatic heterocycles. The van der Waals surface area contributed by atoms with Gasteiger partial charge in [-0.15, -0.1) is 0 Å². The third-order valence-electron chi connectivity index (χ3n) is 4.07. The summed E-state index contributed by atoms with van der Waals surface area (Å²) >= 11 is 0. The van der Waals surface area contributed by atoms with Crippen molar-refractivity contribution in [1.29, 1.82) is 0 Å². The van der Waals surface area contributed by atoms with Crippen molar-refractivity contribution in [3.05, 3.63) is 36.0 Å². The van der Waals surface area contributed by atoms with Crippen molar-refractivity contribution in [3.63, 3.8) is 0 Å². The van der Waals surface area contributed by atoms with E-state index in [1.165, 1.54) is 0 Å². The number of aromatic nitrogens is 1. The lowest BCUT2D eigenvalue weighted by molar-refractivity contribution is 0.0920. The van der Waals surface area contributed by atoms with Gasteiger partial charge in [-0.2, -0.15) is 0 Å². The molecule has 0 bridgehead atoms. The fourth-order valence-electron chi connectivity index (χ4n) is 2.95. The summed E-state index contributed by atoms with van der Waals surface area (Å²) in [5.41, 5.74) is 1.58. The SMILES string of the molecule is O=[C][C@H]1CCCC[C@H]1NC(=O)c1c[nH]c2ccccc12. The molecule has 0 spiro atoms. The van der Waals surface area contributed by atoms with E-state index in [0.29, 0.717) is 5.56 Å². The summed E-state index contributed by atoms with van der Waals surface area (Å²) in [6, 6.07) is 7.62. The average molecular weight is 269 g/mol. The molecule has 103 valence electrons. The molecular weight excluding hydrogens is 252 g/mol. The molecule has 2 aromatic rings. The standard InChI is InChI=1S/C16H17N2O2/c19-10-11-5-1-3-7-14(11)18-16(20)13-9-17-15-8-4-2-6-12(13)15/h2,4,6,8-9,11,14,17H,1,3,5,7H2,(H,18,20)/t11-,14-/m1/s1. The maximum absolute atomic E-state index is 12.4. The Morgan fingerprint density at radius 1 is 1.25 bits per heavy atom. The Morgan fingerprint density at radius 2 is 2.05 bits per heavy atom. The molecule has 1 fully saturated rings. The predicted molar refractivity (Wildman–Crippen MR) is 77.2 cm³/mol. The van der Waals surface area contributed by atoms with Crippen LogP contribution in [0.1, 0.15) is 36.0 Å². The van der Waals surface area contributed by atoms with Crippen LogP contribution in [0.3, 0.4) is 0 Å². The van der Waals surface area contributed by atoms with Gasteiger partial charge in [-0.05, 0) is 18.9 Å². The molecule has 1 aliphatic rings. The first-order chi connectivity index (χ1) is 9.79. The number of fused-ring (bicyclic) bond motifs is 1. The van der Waals surface area contributed by atoms with Crippen LogP contribution in [-0.4, -0.2) is 23.2 Å². The second kappa shape index (κ2) is 5.49. The average Bonchev–Trinajstić information content (AvgIpc) is 2.92. The van der Waals surface area contributed by atoms with Gasteiger partial charge in [-0.3, -0.25) is 9.59 Å². The van der Waals surface area contributed by atoms with Crippen LogP contribution < -0.4 is 5.32 Å². The quantitative estimate of drug-likeness (QED) is 0.899. The first-order valence-electron chi connectivity index (χ1n) is 7.04. The zero-order valence-electron chi connectivity index (χ0n) is 11.2. The number of H-pyrrole nitrogens is 1. The van der Waals surface area contributed by atoms with Crippen molar-refractivity contribution in [2.45, 2.75) is 31.7 Å². The molecule has 1 heterocycles. The number of nitrogens with one attached hydrogen (secondary N) is 2. The van der Waals surface area contributed by atoms with Gasteiger partial charge in [0.1, 0.15) is 0 Å². The molecule has 1 aromatic heterocycles. The summed E-state index contributed by atoms with van der Waals surface area (Å²) in [4.78, 5) is 26.5. The molecule has 3 rings (SSSR count). The van der Waals surface area contributed by atoms with E-state index in [4.69, 9.17) is 0 Å². The molecule has 1 saturated carbocycles. The molecule has 4 heteroatoms. The van der Waals surface area contributed by atoms with E-state index in [1.807, 2.05) is 24.3 Å². The topological polar surface area (TPSA) is 62.0 Å². The van der Waals surface area contributed by atoms with Crippen molar-refractivity contribution in [3.8, 4) is 0 Å². The summed E-state index contributed by atoms with van der Waals surface area (Å²) < 4.78 is 0. The van der Waals surface area contributed by atoms with Crippen LogP contribution in [0, 0.1) is 5.92 Å². The molecule has 1 aliphatic carbocycles. The smallest absolute Gasteiger partial charge is 0.253 e. The first-order valence-corrected chi connectivity index (χ1v) is 7.04. The van der Waals surface area contributed by atoms with Crippen LogP contribution >= 0.6 is 0 Å². The molecular formula is C16H17N2O2. The number of carbonyl (C=O) groups excluding carboxylic acids is 2. The van der Waals surface area contributed by atoms with Gasteiger partial charge >= 0.3 is 0 Å². The predicted octanol–water partition coefficient (Wildman–Crippen LogP) is 2.57. The number of amides is 1.